The molecule has 0 aliphatic carbocycles. The molecule has 2 heterocycles. The molecule has 0 aromatic heterocycles. The Bertz CT molecular complexity index is 1990. The van der Waals surface area contributed by atoms with Crippen molar-refractivity contribution in [1.29, 1.82) is 0 Å². The molecule has 0 unspecified atom stereocenters. The predicted octanol–water partition coefficient (Wildman–Crippen LogP) is 10.2. The van der Waals surface area contributed by atoms with Crippen molar-refractivity contribution < 1.29 is 43.1 Å². The van der Waals surface area contributed by atoms with Crippen LogP contribution in [0, 0.1) is 6.07 Å². The second kappa shape index (κ2) is 18.9. The second-order valence-corrected chi connectivity index (χ2v) is 18.0. The Labute approximate surface area is 333 Å². The van der Waals surface area contributed by atoms with Crippen molar-refractivity contribution in [3.63, 3.8) is 0 Å². The van der Waals surface area contributed by atoms with Crippen LogP contribution in [0.15, 0.2) is 170 Å². The zero-order chi connectivity index (χ0) is 37.4. The smallest absolute Gasteiger partial charge is 0.418 e. The van der Waals surface area contributed by atoms with Gasteiger partial charge < -0.3 is 26.9 Å². The molecule has 4 atom stereocenters. The van der Waals surface area contributed by atoms with Crippen molar-refractivity contribution in [2.45, 2.75) is 36.5 Å². The summed E-state index contributed by atoms with van der Waals surface area (Å²) < 4.78 is 46.0. The molecular formula is C44H42BF4NOP2Pt. The van der Waals surface area contributed by atoms with Gasteiger partial charge in [-0.15, -0.1) is 22.4 Å². The van der Waals surface area contributed by atoms with E-state index in [9.17, 15) is 17.3 Å². The van der Waals surface area contributed by atoms with E-state index in [-0.39, 0.29) is 32.5 Å². The first-order valence-corrected chi connectivity index (χ1v) is 20.4. The number of hydrogen-bond donors (Lipinski definition) is 0. The molecule has 10 heteroatoms. The Kier molecular flexibility index (Phi) is 14.6. The van der Waals surface area contributed by atoms with Crippen LogP contribution in [-0.2, 0) is 25.8 Å². The maximum Gasteiger partial charge on any atom is 2.00 e. The summed E-state index contributed by atoms with van der Waals surface area (Å²) in [6.45, 7) is 2.21. The quantitative estimate of drug-likeness (QED) is 0.0496. The third kappa shape index (κ3) is 10.1. The first-order valence-electron chi connectivity index (χ1n) is 17.6. The van der Waals surface area contributed by atoms with Gasteiger partial charge in [-0.25, -0.2) is 0 Å². The summed E-state index contributed by atoms with van der Waals surface area (Å²) in [6.07, 6.45) is 6.02. The molecule has 0 amide bonds. The Morgan fingerprint density at radius 1 is 0.685 bits per heavy atom. The van der Waals surface area contributed by atoms with Crippen LogP contribution in [0.1, 0.15) is 24.9 Å². The maximum atomic E-state index is 9.75. The first-order chi connectivity index (χ1) is 25.5. The zero-order valence-corrected chi connectivity index (χ0v) is 34.3. The van der Waals surface area contributed by atoms with Crippen LogP contribution in [0.3, 0.4) is 0 Å². The molecule has 0 spiro atoms. The molecule has 6 aromatic carbocycles. The molecule has 0 radical (unpaired) electrons. The molecule has 0 N–H and O–H groups in total. The summed E-state index contributed by atoms with van der Waals surface area (Å²) in [7, 11) is -3.13. The Morgan fingerprint density at radius 2 is 1.13 bits per heavy atom. The summed E-state index contributed by atoms with van der Waals surface area (Å²) in [5.74, 6) is 0. The second-order valence-electron chi connectivity index (χ2n) is 13.2. The average Bonchev–Trinajstić information content (AvgIpc) is 3.75. The molecule has 2 aliphatic rings. The number of halogens is 4. The van der Waals surface area contributed by atoms with Crippen LogP contribution < -0.4 is 21.2 Å². The number of rotatable bonds is 8. The van der Waals surface area contributed by atoms with E-state index in [4.69, 9.17) is 4.74 Å². The summed E-state index contributed by atoms with van der Waals surface area (Å²) in [6, 6.07) is 60.6. The van der Waals surface area contributed by atoms with Crippen molar-refractivity contribution in [2.75, 3.05) is 14.1 Å². The maximum absolute atomic E-state index is 9.75. The van der Waals surface area contributed by atoms with Gasteiger partial charge in [0.05, 0.1) is 6.10 Å². The van der Waals surface area contributed by atoms with Gasteiger partial charge in [0.15, 0.2) is 0 Å². The van der Waals surface area contributed by atoms with E-state index < -0.39 is 23.1 Å². The standard InChI is InChI=1S/C30H26OP2.C14H16N.BF4.Pt/c1-5-13-25(14-6-1)32(26-15-7-2-8-16-26)29-23-24-21-22-30(29,31-24)33(27-17-9-3-10-18-27)28-19-11-4-12-20-28;1-11(15(2)3)13-10-6-8-12-7-4-5-9-14(12)13;2-1(3,4)5;/h1-22,24,29H,23H2;4-9,11H,1-3H3;;/q;2*-1;+2/t24-,29-,30-;11-;;/m10../s1. The zero-order valence-electron chi connectivity index (χ0n) is 30.3. The Hall–Kier alpha value is -3.43. The van der Waals surface area contributed by atoms with Crippen LogP contribution in [0.4, 0.5) is 17.3 Å². The number of nitrogens with zero attached hydrogens (tertiary/aromatic N) is 1. The van der Waals surface area contributed by atoms with Gasteiger partial charge in [0, 0.05) is 11.7 Å². The van der Waals surface area contributed by atoms with E-state index in [2.05, 4.69) is 196 Å². The fourth-order valence-corrected chi connectivity index (χ4v) is 13.6. The van der Waals surface area contributed by atoms with E-state index in [1.54, 1.807) is 0 Å². The van der Waals surface area contributed by atoms with Crippen LogP contribution in [0.2, 0.25) is 0 Å². The van der Waals surface area contributed by atoms with Gasteiger partial charge in [-0.3, -0.25) is 0 Å². The Balaban J connectivity index is 0.000000222. The third-order valence-corrected chi connectivity index (χ3v) is 15.6. The van der Waals surface area contributed by atoms with E-state index >= 15 is 0 Å². The topological polar surface area (TPSA) is 12.5 Å². The van der Waals surface area contributed by atoms with Crippen molar-refractivity contribution in [3.8, 4) is 0 Å². The molecule has 8 rings (SSSR count). The molecule has 6 aromatic rings. The number of fused-ring (bicyclic) bond motifs is 3. The normalized spacial score (nSPS) is 19.1. The SMILES string of the molecule is C1=C[C@]2(P(c3ccccc3)c3ccccc3)O[C@H]1C[C@H]2P(c1ccccc1)c1ccccc1.C[C@@H](c1[c-]ccc2ccccc12)N(C)C.F[B-](F)(F)F.[Pt+2]. The fourth-order valence-electron chi connectivity index (χ4n) is 7.02. The van der Waals surface area contributed by atoms with Crippen molar-refractivity contribution in [2.24, 2.45) is 0 Å². The largest absolute Gasteiger partial charge is 2.00 e. The molecule has 280 valence electrons. The van der Waals surface area contributed by atoms with E-state index in [0.29, 0.717) is 11.7 Å². The van der Waals surface area contributed by atoms with Gasteiger partial charge in [-0.05, 0) is 70.6 Å². The average molecular weight is 945 g/mol. The van der Waals surface area contributed by atoms with Crippen LogP contribution in [0.5, 0.6) is 0 Å². The molecule has 2 bridgehead atoms. The molecule has 1 saturated heterocycles. The number of ether oxygens (including phenoxy) is 1. The molecule has 2 nitrogen and oxygen atoms in total. The van der Waals surface area contributed by atoms with Gasteiger partial charge in [0.25, 0.3) is 0 Å². The first kappa shape index (κ1) is 41.7. The molecular weight excluding hydrogens is 902 g/mol. The molecule has 2 aliphatic heterocycles. The monoisotopic (exact) mass is 944 g/mol. The van der Waals surface area contributed by atoms with Crippen LogP contribution in [-0.4, -0.2) is 43.4 Å². The minimum absolute atomic E-state index is 0. The van der Waals surface area contributed by atoms with Gasteiger partial charge in [0.2, 0.25) is 0 Å². The van der Waals surface area contributed by atoms with Gasteiger partial charge in [-0.1, -0.05) is 146 Å². The predicted molar refractivity (Wildman–Crippen MR) is 218 cm³/mol. The van der Waals surface area contributed by atoms with E-state index in [1.165, 1.54) is 37.6 Å². The van der Waals surface area contributed by atoms with Crippen molar-refractivity contribution in [1.82, 2.24) is 4.90 Å². The van der Waals surface area contributed by atoms with Crippen molar-refractivity contribution >= 4 is 55.1 Å². The van der Waals surface area contributed by atoms with E-state index in [0.717, 1.165) is 6.42 Å². The molecule has 1 fully saturated rings. The van der Waals surface area contributed by atoms with Crippen LogP contribution in [0.25, 0.3) is 10.8 Å². The Morgan fingerprint density at radius 3 is 1.59 bits per heavy atom. The molecule has 0 saturated carbocycles. The summed E-state index contributed by atoms with van der Waals surface area (Å²) in [4.78, 5) is 2.21. The summed E-state index contributed by atoms with van der Waals surface area (Å²) >= 11 is 0. The van der Waals surface area contributed by atoms with Gasteiger partial charge in [-0.2, -0.15) is 18.2 Å². The fraction of sp³-hybridized carbons (Fsp3) is 0.182. The van der Waals surface area contributed by atoms with Gasteiger partial charge in [0.1, 0.15) is 5.34 Å². The minimum atomic E-state index is -6.00. The van der Waals surface area contributed by atoms with E-state index in [1.807, 2.05) is 6.07 Å². The van der Waals surface area contributed by atoms with Crippen LogP contribution >= 0.6 is 15.8 Å². The number of benzene rings is 6. The van der Waals surface area contributed by atoms with Gasteiger partial charge >= 0.3 is 28.3 Å². The van der Waals surface area contributed by atoms with Crippen molar-refractivity contribution in [3.05, 3.63) is 182 Å². The third-order valence-electron chi connectivity index (χ3n) is 9.53. The summed E-state index contributed by atoms with van der Waals surface area (Å²) in [5, 5.41) is 7.92. The minimum Gasteiger partial charge on any atom is -0.418 e. The molecule has 54 heavy (non-hydrogen) atoms. The summed E-state index contributed by atoms with van der Waals surface area (Å²) in [5.41, 5.74) is 1.69. The number of hydrogen-bond acceptors (Lipinski definition) is 2.